The van der Waals surface area contributed by atoms with Crippen LogP contribution in [0, 0.1) is 12.8 Å². The fourth-order valence-corrected chi connectivity index (χ4v) is 6.37. The molecular weight excluding hydrogens is 312 g/mol. The molecule has 3 atom stereocenters. The number of ether oxygens (including phenoxy) is 1. The second-order valence-corrected chi connectivity index (χ2v) is 8.38. The number of aryl methyl sites for hydroxylation is 1. The first kappa shape index (κ1) is 15.0. The number of fused-ring (bicyclic) bond motifs is 1. The van der Waals surface area contributed by atoms with Gasteiger partial charge in [0.2, 0.25) is 5.91 Å². The molecule has 116 valence electrons. The molecule has 1 N–H and O–H groups in total. The van der Waals surface area contributed by atoms with Gasteiger partial charge in [-0.1, -0.05) is 0 Å². The number of hydrogen-bond donors (Lipinski definition) is 1. The van der Waals surface area contributed by atoms with Crippen LogP contribution in [0.25, 0.3) is 0 Å². The van der Waals surface area contributed by atoms with Gasteiger partial charge in [0.1, 0.15) is 4.21 Å². The van der Waals surface area contributed by atoms with Gasteiger partial charge in [-0.15, -0.1) is 11.3 Å². The quantitative estimate of drug-likeness (QED) is 0.880. The van der Waals surface area contributed by atoms with Gasteiger partial charge in [0.15, 0.2) is 0 Å². The van der Waals surface area contributed by atoms with Crippen molar-refractivity contribution >= 4 is 27.3 Å². The molecule has 6 nitrogen and oxygen atoms in total. The maximum absolute atomic E-state index is 12.9. The molecule has 3 rings (SSSR count). The van der Waals surface area contributed by atoms with E-state index in [2.05, 4.69) is 5.32 Å². The van der Waals surface area contributed by atoms with E-state index >= 15 is 0 Å². The van der Waals surface area contributed by atoms with E-state index in [1.165, 1.54) is 15.6 Å². The Balaban J connectivity index is 1.96. The first-order valence-corrected chi connectivity index (χ1v) is 9.18. The molecule has 21 heavy (non-hydrogen) atoms. The van der Waals surface area contributed by atoms with Crippen molar-refractivity contribution in [3.05, 3.63) is 17.0 Å². The van der Waals surface area contributed by atoms with Crippen molar-refractivity contribution < 1.29 is 17.9 Å². The third-order valence-electron chi connectivity index (χ3n) is 4.19. The van der Waals surface area contributed by atoms with E-state index in [1.54, 1.807) is 25.4 Å². The first-order chi connectivity index (χ1) is 9.96. The summed E-state index contributed by atoms with van der Waals surface area (Å²) >= 11 is 1.22. The zero-order chi connectivity index (χ0) is 15.2. The fraction of sp³-hybridized carbons (Fsp3) is 0.615. The van der Waals surface area contributed by atoms with Crippen LogP contribution in [0.4, 0.5) is 0 Å². The van der Waals surface area contributed by atoms with Crippen LogP contribution in [0.5, 0.6) is 0 Å². The Kier molecular flexibility index (Phi) is 3.81. The van der Waals surface area contributed by atoms with Gasteiger partial charge >= 0.3 is 0 Å². The fourth-order valence-electron chi connectivity index (χ4n) is 3.15. The highest BCUT2D eigenvalue weighted by Crippen LogP contribution is 2.38. The summed E-state index contributed by atoms with van der Waals surface area (Å²) in [4.78, 5) is 12.0. The smallest absolute Gasteiger partial charge is 0.253 e. The minimum Gasteiger partial charge on any atom is -0.376 e. The van der Waals surface area contributed by atoms with Crippen molar-refractivity contribution in [1.82, 2.24) is 9.62 Å². The number of carbonyl (C=O) groups excluding carboxylic acids is 1. The zero-order valence-corrected chi connectivity index (χ0v) is 13.5. The number of carbonyl (C=O) groups is 1. The molecule has 0 aliphatic carbocycles. The highest BCUT2D eigenvalue weighted by atomic mass is 32.2. The minimum absolute atomic E-state index is 0.160. The van der Waals surface area contributed by atoms with Gasteiger partial charge in [0.05, 0.1) is 18.1 Å². The van der Waals surface area contributed by atoms with Crippen molar-refractivity contribution in [1.29, 1.82) is 0 Å². The molecule has 0 unspecified atom stereocenters. The lowest BCUT2D eigenvalue weighted by Crippen LogP contribution is -2.37. The van der Waals surface area contributed by atoms with Crippen molar-refractivity contribution in [3.8, 4) is 0 Å². The number of hydrogen-bond acceptors (Lipinski definition) is 5. The second-order valence-electron chi connectivity index (χ2n) is 5.38. The molecule has 1 aromatic heterocycles. The van der Waals surface area contributed by atoms with Crippen molar-refractivity contribution in [2.24, 2.45) is 5.92 Å². The van der Waals surface area contributed by atoms with E-state index in [4.69, 9.17) is 4.74 Å². The molecule has 0 radical (unpaired) electrons. The van der Waals surface area contributed by atoms with E-state index in [1.807, 2.05) is 0 Å². The van der Waals surface area contributed by atoms with Crippen molar-refractivity contribution in [3.63, 3.8) is 0 Å². The lowest BCUT2D eigenvalue weighted by molar-refractivity contribution is -0.127. The second kappa shape index (κ2) is 5.35. The number of nitrogens with one attached hydrogen (secondary N) is 1. The predicted octanol–water partition coefficient (Wildman–Crippen LogP) is 0.581. The number of thiophene rings is 1. The summed E-state index contributed by atoms with van der Waals surface area (Å²) < 4.78 is 33.2. The van der Waals surface area contributed by atoms with Crippen LogP contribution in [0.1, 0.15) is 12.0 Å². The van der Waals surface area contributed by atoms with Crippen LogP contribution in [0.15, 0.2) is 15.7 Å². The van der Waals surface area contributed by atoms with Crippen LogP contribution in [-0.2, 0) is 19.6 Å². The Morgan fingerprint density at radius 2 is 2.29 bits per heavy atom. The Morgan fingerprint density at radius 3 is 2.90 bits per heavy atom. The van der Waals surface area contributed by atoms with Gasteiger partial charge in [-0.3, -0.25) is 4.79 Å². The third-order valence-corrected chi connectivity index (χ3v) is 7.74. The molecule has 2 saturated heterocycles. The average Bonchev–Trinajstić information content (AvgIpc) is 3.12. The van der Waals surface area contributed by atoms with Gasteiger partial charge < -0.3 is 10.1 Å². The monoisotopic (exact) mass is 330 g/mol. The van der Waals surface area contributed by atoms with Crippen LogP contribution in [-0.4, -0.2) is 51.0 Å². The number of amides is 1. The standard InChI is InChI=1S/C13H18N2O4S2/c1-8-4-6-20-13(8)21(17,18)15-7-9(12(16)14-2)11-10(15)3-5-19-11/h4,6,9-11H,3,5,7H2,1-2H3,(H,14,16)/t9-,10+,11+/m0/s1. The molecule has 1 aromatic rings. The molecule has 8 heteroatoms. The van der Waals surface area contributed by atoms with E-state index in [0.717, 1.165) is 5.56 Å². The van der Waals surface area contributed by atoms with Gasteiger partial charge in [-0.25, -0.2) is 8.42 Å². The van der Waals surface area contributed by atoms with E-state index in [-0.39, 0.29) is 24.6 Å². The number of rotatable bonds is 3. The summed E-state index contributed by atoms with van der Waals surface area (Å²) in [5.41, 5.74) is 0.749. The lowest BCUT2D eigenvalue weighted by atomic mass is 10.0. The van der Waals surface area contributed by atoms with Gasteiger partial charge in [0.25, 0.3) is 10.0 Å². The highest BCUT2D eigenvalue weighted by molar-refractivity contribution is 7.91. The molecule has 2 aliphatic heterocycles. The van der Waals surface area contributed by atoms with Crippen molar-refractivity contribution in [2.45, 2.75) is 29.7 Å². The Labute approximate surface area is 128 Å². The molecule has 3 heterocycles. The topological polar surface area (TPSA) is 75.7 Å². The van der Waals surface area contributed by atoms with Gasteiger partial charge in [-0.05, 0) is 30.4 Å². The van der Waals surface area contributed by atoms with Gasteiger partial charge in [0, 0.05) is 20.2 Å². The normalized spacial score (nSPS) is 29.5. The average molecular weight is 330 g/mol. The molecule has 1 amide bonds. The van der Waals surface area contributed by atoms with Crippen molar-refractivity contribution in [2.75, 3.05) is 20.2 Å². The Hall–Kier alpha value is -0.960. The summed E-state index contributed by atoms with van der Waals surface area (Å²) in [7, 11) is -2.00. The minimum atomic E-state index is -3.56. The molecule has 0 aromatic carbocycles. The van der Waals surface area contributed by atoms with Crippen LogP contribution in [0.3, 0.4) is 0 Å². The predicted molar refractivity (Wildman–Crippen MR) is 78.6 cm³/mol. The van der Waals surface area contributed by atoms with E-state index in [9.17, 15) is 13.2 Å². The number of nitrogens with zero attached hydrogens (tertiary/aromatic N) is 1. The van der Waals surface area contributed by atoms with Crippen LogP contribution in [0.2, 0.25) is 0 Å². The molecule has 2 fully saturated rings. The maximum atomic E-state index is 12.9. The SMILES string of the molecule is CNC(=O)[C@H]1CN(S(=O)(=O)c2sccc2C)[C@@H]2CCO[C@H]12. The first-order valence-electron chi connectivity index (χ1n) is 6.86. The highest BCUT2D eigenvalue weighted by Gasteiger charge is 2.53. The Morgan fingerprint density at radius 1 is 1.52 bits per heavy atom. The largest absolute Gasteiger partial charge is 0.376 e. The molecule has 0 saturated carbocycles. The molecule has 0 bridgehead atoms. The lowest BCUT2D eigenvalue weighted by Gasteiger charge is -2.21. The summed E-state index contributed by atoms with van der Waals surface area (Å²) in [6, 6.07) is 1.56. The van der Waals surface area contributed by atoms with Crippen LogP contribution >= 0.6 is 11.3 Å². The molecule has 0 spiro atoms. The molecule has 2 aliphatic rings. The van der Waals surface area contributed by atoms with E-state index in [0.29, 0.717) is 17.2 Å². The summed E-state index contributed by atoms with van der Waals surface area (Å²) in [6.07, 6.45) is 0.307. The van der Waals surface area contributed by atoms with E-state index < -0.39 is 15.9 Å². The summed E-state index contributed by atoms with van der Waals surface area (Å²) in [5, 5.41) is 4.37. The van der Waals surface area contributed by atoms with Gasteiger partial charge in [-0.2, -0.15) is 4.31 Å². The Bertz CT molecular complexity index is 655. The summed E-state index contributed by atoms with van der Waals surface area (Å²) in [6.45, 7) is 2.48. The maximum Gasteiger partial charge on any atom is 0.253 e. The van der Waals surface area contributed by atoms with Crippen LogP contribution < -0.4 is 5.32 Å². The molecular formula is C13H18N2O4S2. The zero-order valence-electron chi connectivity index (χ0n) is 11.9. The third kappa shape index (κ3) is 2.30. The number of sulfonamides is 1. The summed E-state index contributed by atoms with van der Waals surface area (Å²) in [5.74, 6) is -0.593.